The fourth-order valence-electron chi connectivity index (χ4n) is 3.91. The molecule has 186 valence electrons. The van der Waals surface area contributed by atoms with Gasteiger partial charge in [0, 0.05) is 23.3 Å². The summed E-state index contributed by atoms with van der Waals surface area (Å²) >= 11 is 1.46. The number of carbonyl (C=O) groups excluding carboxylic acids is 1. The third-order valence-electron chi connectivity index (χ3n) is 5.78. The summed E-state index contributed by atoms with van der Waals surface area (Å²) < 4.78 is 0. The van der Waals surface area contributed by atoms with E-state index in [9.17, 15) is 14.9 Å². The summed E-state index contributed by atoms with van der Waals surface area (Å²) in [4.78, 5) is 27.6. The van der Waals surface area contributed by atoms with E-state index in [4.69, 9.17) is 0 Å². The van der Waals surface area contributed by atoms with Crippen LogP contribution in [-0.4, -0.2) is 47.0 Å². The maximum absolute atomic E-state index is 12.8. The Bertz CT molecular complexity index is 1460. The van der Waals surface area contributed by atoms with E-state index in [2.05, 4.69) is 31.0 Å². The molecule has 0 radical (unpaired) electrons. The second-order valence-electron chi connectivity index (χ2n) is 8.23. The number of nitro benzene ring substituents is 1. The third-order valence-corrected chi connectivity index (χ3v) is 7.03. The number of aromatic amines is 1. The molecule has 1 saturated heterocycles. The summed E-state index contributed by atoms with van der Waals surface area (Å²) in [5.74, 6) is 0.0708. The van der Waals surface area contributed by atoms with Crippen LogP contribution >= 0.6 is 11.8 Å². The van der Waals surface area contributed by atoms with Gasteiger partial charge in [-0.15, -0.1) is 5.10 Å². The normalized spacial score (nSPS) is 16.3. The van der Waals surface area contributed by atoms with E-state index in [0.717, 1.165) is 28.7 Å². The van der Waals surface area contributed by atoms with Crippen LogP contribution in [0.3, 0.4) is 0 Å². The fraction of sp³-hybridized carbons (Fsp3) is 0.160. The molecule has 11 nitrogen and oxygen atoms in total. The highest BCUT2D eigenvalue weighted by molar-refractivity contribution is 8.14. The van der Waals surface area contributed by atoms with Gasteiger partial charge in [0.05, 0.1) is 16.8 Å². The fourth-order valence-corrected chi connectivity index (χ4v) is 4.89. The van der Waals surface area contributed by atoms with Gasteiger partial charge in [-0.3, -0.25) is 19.9 Å². The quantitative estimate of drug-likeness (QED) is 0.270. The highest BCUT2D eigenvalue weighted by Crippen LogP contribution is 2.31. The molecule has 1 aromatic heterocycles. The number of carbonyl (C=O) groups is 1. The Labute approximate surface area is 216 Å². The predicted molar refractivity (Wildman–Crippen MR) is 140 cm³/mol. The molecule has 0 bridgehead atoms. The largest absolute Gasteiger partial charge is 0.281 e. The molecule has 0 saturated carbocycles. The van der Waals surface area contributed by atoms with Crippen molar-refractivity contribution >= 4 is 28.5 Å². The molecule has 1 amide bonds. The van der Waals surface area contributed by atoms with Crippen molar-refractivity contribution < 1.29 is 9.72 Å². The lowest BCUT2D eigenvalue weighted by atomic mass is 9.98. The Morgan fingerprint density at radius 1 is 1.11 bits per heavy atom. The number of H-pyrrole nitrogens is 1. The van der Waals surface area contributed by atoms with Crippen molar-refractivity contribution in [1.29, 1.82) is 0 Å². The van der Waals surface area contributed by atoms with Gasteiger partial charge in [-0.2, -0.15) is 4.99 Å². The Kier molecular flexibility index (Phi) is 7.01. The topological polar surface area (TPSA) is 142 Å². The van der Waals surface area contributed by atoms with Crippen LogP contribution in [0.5, 0.6) is 0 Å². The first-order valence-electron chi connectivity index (χ1n) is 11.5. The molecule has 12 heteroatoms. The molecule has 1 atom stereocenters. The average Bonchev–Trinajstić information content (AvgIpc) is 3.60. The van der Waals surface area contributed by atoms with Crippen LogP contribution in [-0.2, 0) is 6.54 Å². The Balaban J connectivity index is 1.36. The van der Waals surface area contributed by atoms with E-state index in [1.807, 2.05) is 60.5 Å². The number of hydrogen-bond acceptors (Lipinski definition) is 8. The van der Waals surface area contributed by atoms with Crippen LogP contribution in [0.2, 0.25) is 0 Å². The van der Waals surface area contributed by atoms with Crippen molar-refractivity contribution in [3.63, 3.8) is 0 Å². The van der Waals surface area contributed by atoms with Crippen LogP contribution in [0, 0.1) is 10.1 Å². The molecule has 1 fully saturated rings. The molecule has 3 aromatic carbocycles. The molecule has 1 aliphatic rings. The van der Waals surface area contributed by atoms with Gasteiger partial charge >= 0.3 is 0 Å². The minimum absolute atomic E-state index is 0.0679. The third kappa shape index (κ3) is 5.39. The average molecular weight is 515 g/mol. The van der Waals surface area contributed by atoms with Crippen molar-refractivity contribution in [2.75, 3.05) is 0 Å². The van der Waals surface area contributed by atoms with Crippen molar-refractivity contribution in [3.05, 3.63) is 94.0 Å². The standard InChI is InChI=1S/C25H22N8O3S/c1-2-22-29-32(25(37-22)26-24(34)18-6-5-7-19(14-18)33(35)36)15-16-10-12-17(13-11-16)20-8-3-4-9-21(20)23-27-30-31-28-23/h3-14,22,29H,2,15H2,1H3,(H,27,28,30,31). The summed E-state index contributed by atoms with van der Waals surface area (Å²) in [5.41, 5.74) is 7.34. The summed E-state index contributed by atoms with van der Waals surface area (Å²) in [6, 6.07) is 21.6. The number of aliphatic imine (C=N–C) groups is 1. The van der Waals surface area contributed by atoms with E-state index < -0.39 is 10.8 Å². The van der Waals surface area contributed by atoms with Gasteiger partial charge in [-0.05, 0) is 39.6 Å². The van der Waals surface area contributed by atoms with E-state index in [1.165, 1.54) is 36.0 Å². The van der Waals surface area contributed by atoms with Crippen LogP contribution < -0.4 is 5.43 Å². The number of tetrazole rings is 1. The van der Waals surface area contributed by atoms with Crippen molar-refractivity contribution in [3.8, 4) is 22.5 Å². The Hall–Kier alpha value is -4.42. The predicted octanol–water partition coefficient (Wildman–Crippen LogP) is 4.43. The van der Waals surface area contributed by atoms with E-state index >= 15 is 0 Å². The molecule has 2 N–H and O–H groups in total. The smallest absolute Gasteiger partial charge is 0.279 e. The molecule has 1 unspecified atom stereocenters. The molecule has 4 aromatic rings. The van der Waals surface area contributed by atoms with Crippen molar-refractivity contribution in [2.45, 2.75) is 25.3 Å². The minimum atomic E-state index is -0.528. The Morgan fingerprint density at radius 3 is 2.59 bits per heavy atom. The van der Waals surface area contributed by atoms with Crippen molar-refractivity contribution in [2.24, 2.45) is 4.99 Å². The number of aromatic nitrogens is 4. The summed E-state index contributed by atoms with van der Waals surface area (Å²) in [6.45, 7) is 2.53. The SMILES string of the molecule is CCC1NN(Cc2ccc(-c3ccccc3-c3nnn[nH]3)cc2)C(=NC(=O)c2cccc([N+](=O)[O-])c2)S1. The molecule has 2 heterocycles. The van der Waals surface area contributed by atoms with E-state index in [1.54, 1.807) is 0 Å². The number of nitrogens with zero attached hydrogens (tertiary/aromatic N) is 6. The number of rotatable bonds is 7. The molecular formula is C25H22N8O3S. The maximum Gasteiger partial charge on any atom is 0.279 e. The molecule has 1 aliphatic heterocycles. The first kappa shape index (κ1) is 24.3. The summed E-state index contributed by atoms with van der Waals surface area (Å²) in [5, 5.41) is 27.7. The first-order chi connectivity index (χ1) is 18.0. The molecule has 0 spiro atoms. The van der Waals surface area contributed by atoms with Crippen LogP contribution in [0.4, 0.5) is 5.69 Å². The lowest BCUT2D eigenvalue weighted by Crippen LogP contribution is -2.37. The second kappa shape index (κ2) is 10.7. The monoisotopic (exact) mass is 514 g/mol. The number of amides is 1. The maximum atomic E-state index is 12.8. The first-order valence-corrected chi connectivity index (χ1v) is 12.4. The number of hydrogen-bond donors (Lipinski definition) is 2. The van der Waals surface area contributed by atoms with Crippen molar-refractivity contribution in [1.82, 2.24) is 31.1 Å². The lowest BCUT2D eigenvalue weighted by molar-refractivity contribution is -0.384. The van der Waals surface area contributed by atoms with Gasteiger partial charge in [-0.25, -0.2) is 10.5 Å². The molecule has 5 rings (SSSR count). The summed E-state index contributed by atoms with van der Waals surface area (Å²) in [6.07, 6.45) is 0.831. The summed E-state index contributed by atoms with van der Waals surface area (Å²) in [7, 11) is 0. The number of amidine groups is 1. The number of hydrazine groups is 1. The zero-order valence-electron chi connectivity index (χ0n) is 19.7. The molecule has 0 aliphatic carbocycles. The van der Waals surface area contributed by atoms with E-state index in [0.29, 0.717) is 17.5 Å². The minimum Gasteiger partial charge on any atom is -0.281 e. The zero-order valence-corrected chi connectivity index (χ0v) is 20.6. The van der Waals surface area contributed by atoms with Crippen LogP contribution in [0.1, 0.15) is 29.3 Å². The molecular weight excluding hydrogens is 492 g/mol. The highest BCUT2D eigenvalue weighted by Gasteiger charge is 2.28. The van der Waals surface area contributed by atoms with Gasteiger partial charge < -0.3 is 0 Å². The Morgan fingerprint density at radius 2 is 1.89 bits per heavy atom. The second-order valence-corrected chi connectivity index (χ2v) is 9.40. The van der Waals surface area contributed by atoms with Crippen LogP contribution in [0.25, 0.3) is 22.5 Å². The van der Waals surface area contributed by atoms with Gasteiger partial charge in [0.2, 0.25) is 0 Å². The number of nitro groups is 1. The van der Waals surface area contributed by atoms with Crippen LogP contribution in [0.15, 0.2) is 77.8 Å². The number of benzene rings is 3. The van der Waals surface area contributed by atoms with E-state index in [-0.39, 0.29) is 16.6 Å². The lowest BCUT2D eigenvalue weighted by Gasteiger charge is -2.19. The molecule has 37 heavy (non-hydrogen) atoms. The number of non-ortho nitro benzene ring substituents is 1. The highest BCUT2D eigenvalue weighted by atomic mass is 32.2. The zero-order chi connectivity index (χ0) is 25.8. The van der Waals surface area contributed by atoms with Gasteiger partial charge in [0.1, 0.15) is 0 Å². The number of nitrogens with one attached hydrogen (secondary N) is 2. The number of thioether (sulfide) groups is 1. The van der Waals surface area contributed by atoms with Gasteiger partial charge in [0.15, 0.2) is 11.0 Å². The van der Waals surface area contributed by atoms with Gasteiger partial charge in [-0.1, -0.05) is 73.3 Å². The van der Waals surface area contributed by atoms with Gasteiger partial charge in [0.25, 0.3) is 11.6 Å².